The number of hydrogen-bond acceptors (Lipinski definition) is 6. The molecule has 3 rings (SSSR count). The van der Waals surface area contributed by atoms with Crippen LogP contribution in [0.2, 0.25) is 0 Å². The number of sulfonamides is 3. The second kappa shape index (κ2) is 15.2. The van der Waals surface area contributed by atoms with Gasteiger partial charge in [0.15, 0.2) is 0 Å². The van der Waals surface area contributed by atoms with Gasteiger partial charge in [0.1, 0.15) is 0 Å². The lowest BCUT2D eigenvalue weighted by Crippen LogP contribution is -2.32. The molecule has 3 aromatic carbocycles. The highest BCUT2D eigenvalue weighted by Crippen LogP contribution is 2.19. The summed E-state index contributed by atoms with van der Waals surface area (Å²) >= 11 is 9.82. The van der Waals surface area contributed by atoms with Crippen molar-refractivity contribution in [2.24, 2.45) is 0 Å². The lowest BCUT2D eigenvalue weighted by atomic mass is 10.4. The molecule has 0 amide bonds. The molecule has 0 radical (unpaired) electrons. The molecule has 0 aliphatic heterocycles. The Morgan fingerprint density at radius 1 is 0.512 bits per heavy atom. The first kappa shape index (κ1) is 33.8. The number of hydrogen-bond donors (Lipinski definition) is 2. The molecule has 41 heavy (non-hydrogen) atoms. The molecule has 9 nitrogen and oxygen atoms in total. The van der Waals surface area contributed by atoms with Crippen molar-refractivity contribution in [2.75, 3.05) is 26.2 Å². The van der Waals surface area contributed by atoms with Crippen LogP contribution >= 0.6 is 47.8 Å². The van der Waals surface area contributed by atoms with E-state index in [0.29, 0.717) is 0 Å². The second-order valence-electron chi connectivity index (χ2n) is 8.33. The second-order valence-corrected chi connectivity index (χ2v) is 16.5. The van der Waals surface area contributed by atoms with Crippen molar-refractivity contribution in [3.8, 4) is 0 Å². The molecule has 0 spiro atoms. The smallest absolute Gasteiger partial charge is 0.207 e. The minimum atomic E-state index is -3.92. The molecule has 0 saturated heterocycles. The van der Waals surface area contributed by atoms with E-state index in [2.05, 4.69) is 57.2 Å². The van der Waals surface area contributed by atoms with Gasteiger partial charge in [-0.2, -0.15) is 4.31 Å². The van der Waals surface area contributed by atoms with Gasteiger partial charge < -0.3 is 0 Å². The third-order valence-electron chi connectivity index (χ3n) is 5.43. The van der Waals surface area contributed by atoms with Gasteiger partial charge in [-0.05, 0) is 72.8 Å². The molecule has 0 fully saturated rings. The van der Waals surface area contributed by atoms with Gasteiger partial charge >= 0.3 is 0 Å². The molecule has 0 unspecified atom stereocenters. The first-order valence-electron chi connectivity index (χ1n) is 11.9. The fraction of sp³-hybridized carbons (Fsp3) is 0.154. The first-order chi connectivity index (χ1) is 19.3. The Bertz CT molecular complexity index is 1600. The Balaban J connectivity index is 1.65. The van der Waals surface area contributed by atoms with Gasteiger partial charge in [0.05, 0.1) is 14.7 Å². The molecule has 0 heterocycles. The zero-order valence-electron chi connectivity index (χ0n) is 21.3. The van der Waals surface area contributed by atoms with Gasteiger partial charge in [-0.3, -0.25) is 0 Å². The van der Waals surface area contributed by atoms with Crippen LogP contribution in [0.15, 0.2) is 125 Å². The Morgan fingerprint density at radius 2 is 0.829 bits per heavy atom. The predicted molar refractivity (Wildman–Crippen MR) is 170 cm³/mol. The van der Waals surface area contributed by atoms with Gasteiger partial charge in [-0.15, -0.1) is 0 Å². The lowest BCUT2D eigenvalue weighted by molar-refractivity contribution is 0.473. The SMILES string of the molecule is O=S(=O)(NC/C=C/CN(C/C=C/CNS(=O)(=O)c1ccc(Br)cc1)S(=O)(=O)c1ccc(Br)cc1)c1ccc(Br)cc1. The van der Waals surface area contributed by atoms with Crippen LogP contribution in [0.1, 0.15) is 0 Å². The monoisotopic (exact) mass is 809 g/mol. The largest absolute Gasteiger partial charge is 0.243 e. The van der Waals surface area contributed by atoms with Crippen molar-refractivity contribution in [1.29, 1.82) is 0 Å². The number of benzene rings is 3. The van der Waals surface area contributed by atoms with Crippen LogP contribution < -0.4 is 9.44 Å². The van der Waals surface area contributed by atoms with Crippen LogP contribution in [0, 0.1) is 0 Å². The molecule has 2 N–H and O–H groups in total. The first-order valence-corrected chi connectivity index (χ1v) is 18.7. The average molecular weight is 812 g/mol. The number of nitrogens with zero attached hydrogens (tertiary/aromatic N) is 1. The van der Waals surface area contributed by atoms with Crippen molar-refractivity contribution < 1.29 is 25.3 Å². The Kier molecular flexibility index (Phi) is 12.5. The normalized spacial score (nSPS) is 13.0. The zero-order chi connectivity index (χ0) is 30.1. The topological polar surface area (TPSA) is 130 Å². The van der Waals surface area contributed by atoms with E-state index in [-0.39, 0.29) is 40.9 Å². The summed E-state index contributed by atoms with van der Waals surface area (Å²) in [5.41, 5.74) is 0. The summed E-state index contributed by atoms with van der Waals surface area (Å²) in [7, 11) is -11.4. The highest BCUT2D eigenvalue weighted by molar-refractivity contribution is 9.11. The lowest BCUT2D eigenvalue weighted by Gasteiger charge is -2.19. The van der Waals surface area contributed by atoms with Crippen LogP contribution in [0.5, 0.6) is 0 Å². The van der Waals surface area contributed by atoms with Gasteiger partial charge in [-0.1, -0.05) is 72.1 Å². The molecule has 0 saturated carbocycles. The maximum Gasteiger partial charge on any atom is 0.243 e. The molecule has 0 aromatic heterocycles. The van der Waals surface area contributed by atoms with Crippen LogP contribution in [-0.4, -0.2) is 55.7 Å². The van der Waals surface area contributed by atoms with Crippen LogP contribution in [-0.2, 0) is 30.1 Å². The van der Waals surface area contributed by atoms with E-state index in [9.17, 15) is 25.3 Å². The maximum atomic E-state index is 13.3. The number of halogens is 3. The fourth-order valence-electron chi connectivity index (χ4n) is 3.29. The Labute approximate surface area is 266 Å². The summed E-state index contributed by atoms with van der Waals surface area (Å²) in [6.07, 6.45) is 6.14. The van der Waals surface area contributed by atoms with Crippen molar-refractivity contribution in [1.82, 2.24) is 13.7 Å². The zero-order valence-corrected chi connectivity index (χ0v) is 28.5. The molecule has 0 aliphatic carbocycles. The summed E-state index contributed by atoms with van der Waals surface area (Å²) < 4.78 is 84.8. The molecule has 0 atom stereocenters. The molecular weight excluding hydrogens is 786 g/mol. The molecule has 0 aliphatic rings. The van der Waals surface area contributed by atoms with Crippen molar-refractivity contribution in [3.05, 3.63) is 111 Å². The quantitative estimate of drug-likeness (QED) is 0.220. The summed E-state index contributed by atoms with van der Waals surface area (Å²) in [6, 6.07) is 18.5. The molecule has 15 heteroatoms. The van der Waals surface area contributed by atoms with E-state index in [1.165, 1.54) is 52.9 Å². The third-order valence-corrected chi connectivity index (χ3v) is 11.7. The van der Waals surface area contributed by atoms with Crippen LogP contribution in [0.3, 0.4) is 0 Å². The van der Waals surface area contributed by atoms with Gasteiger partial charge in [0, 0.05) is 39.6 Å². The molecule has 3 aromatic rings. The molecular formula is C26H26Br3N3O6S3. The molecule has 0 bridgehead atoms. The molecule has 220 valence electrons. The van der Waals surface area contributed by atoms with Crippen LogP contribution in [0.4, 0.5) is 0 Å². The van der Waals surface area contributed by atoms with Crippen molar-refractivity contribution in [3.63, 3.8) is 0 Å². The average Bonchev–Trinajstić information content (AvgIpc) is 2.92. The predicted octanol–water partition coefficient (Wildman–Crippen LogP) is 5.03. The summed E-state index contributed by atoms with van der Waals surface area (Å²) in [5, 5.41) is 0. The number of rotatable bonds is 14. The maximum absolute atomic E-state index is 13.3. The van der Waals surface area contributed by atoms with Crippen molar-refractivity contribution >= 4 is 77.9 Å². The van der Waals surface area contributed by atoms with E-state index in [4.69, 9.17) is 0 Å². The van der Waals surface area contributed by atoms with E-state index >= 15 is 0 Å². The van der Waals surface area contributed by atoms with E-state index in [1.807, 2.05) is 0 Å². The van der Waals surface area contributed by atoms with Gasteiger partial charge in [-0.25, -0.2) is 34.7 Å². The van der Waals surface area contributed by atoms with Crippen molar-refractivity contribution in [2.45, 2.75) is 14.7 Å². The standard InChI is InChI=1S/C26H26Br3N3O6S3/c27-21-5-11-24(12-6-21)39(33,34)30-17-1-3-19-32(41(37,38)26-15-9-23(29)10-16-26)20-4-2-18-31-40(35,36)25-13-7-22(28)8-14-25/h1-16,30-31H,17-20H2/b3-1+,4-2+. The Hall–Kier alpha value is -1.69. The third kappa shape index (κ3) is 10.2. The fourth-order valence-corrected chi connectivity index (χ4v) is 7.38. The van der Waals surface area contributed by atoms with Crippen LogP contribution in [0.25, 0.3) is 0 Å². The minimum Gasteiger partial charge on any atom is -0.207 e. The van der Waals surface area contributed by atoms with Gasteiger partial charge in [0.2, 0.25) is 30.1 Å². The van der Waals surface area contributed by atoms with E-state index in [0.717, 1.165) is 13.4 Å². The highest BCUT2D eigenvalue weighted by Gasteiger charge is 2.22. The Morgan fingerprint density at radius 3 is 1.17 bits per heavy atom. The van der Waals surface area contributed by atoms with E-state index in [1.54, 1.807) is 48.6 Å². The highest BCUT2D eigenvalue weighted by atomic mass is 79.9. The summed E-state index contributed by atoms with van der Waals surface area (Å²) in [5.74, 6) is 0. The van der Waals surface area contributed by atoms with Gasteiger partial charge in [0.25, 0.3) is 0 Å². The summed E-state index contributed by atoms with van der Waals surface area (Å²) in [6.45, 7) is -0.183. The minimum absolute atomic E-state index is 0.0434. The number of nitrogens with one attached hydrogen (secondary N) is 2. The summed E-state index contributed by atoms with van der Waals surface area (Å²) in [4.78, 5) is 0.290. The van der Waals surface area contributed by atoms with E-state index < -0.39 is 30.1 Å².